The average Bonchev–Trinajstić information content (AvgIpc) is 2.92. The molecule has 4 rings (SSSR count). The number of hydrogen-bond donors (Lipinski definition) is 2. The summed E-state index contributed by atoms with van der Waals surface area (Å²) in [6, 6.07) is 24.5. The van der Waals surface area contributed by atoms with Crippen LogP contribution in [0.4, 0.5) is 5.69 Å². The number of amides is 2. The summed E-state index contributed by atoms with van der Waals surface area (Å²) in [6.45, 7) is 1.58. The summed E-state index contributed by atoms with van der Waals surface area (Å²) in [7, 11) is 3.26. The molecule has 188 valence electrons. The molecule has 3 aromatic rings. The molecular weight excluding hydrogens is 454 g/mol. The van der Waals surface area contributed by atoms with Gasteiger partial charge in [-0.2, -0.15) is 0 Å². The molecule has 1 heterocycles. The van der Waals surface area contributed by atoms with Crippen LogP contribution in [0.15, 0.2) is 78.9 Å². The number of anilines is 1. The quantitative estimate of drug-likeness (QED) is 0.472. The molecule has 0 aliphatic carbocycles. The van der Waals surface area contributed by atoms with Crippen molar-refractivity contribution >= 4 is 17.5 Å². The van der Waals surface area contributed by atoms with Crippen molar-refractivity contribution in [2.45, 2.75) is 18.9 Å². The zero-order valence-electron chi connectivity index (χ0n) is 20.8. The van der Waals surface area contributed by atoms with E-state index in [0.29, 0.717) is 6.54 Å². The Balaban J connectivity index is 1.41. The smallest absolute Gasteiger partial charge is 0.234 e. The molecule has 1 aliphatic rings. The van der Waals surface area contributed by atoms with Gasteiger partial charge in [0.2, 0.25) is 11.8 Å². The lowest BCUT2D eigenvalue weighted by molar-refractivity contribution is -0.126. The fourth-order valence-corrected chi connectivity index (χ4v) is 4.54. The monoisotopic (exact) mass is 487 g/mol. The SMILES string of the molecule is COc1ccc(C(NC(=O)CN2CCC[C@@H](C(=O)Nc3ccccc3)C2)c2ccc(OC)cc2)cc1. The predicted molar refractivity (Wildman–Crippen MR) is 140 cm³/mol. The number of benzene rings is 3. The number of methoxy groups -OCH3 is 2. The highest BCUT2D eigenvalue weighted by Gasteiger charge is 2.27. The Morgan fingerprint density at radius 3 is 2.03 bits per heavy atom. The van der Waals surface area contributed by atoms with Gasteiger partial charge >= 0.3 is 0 Å². The summed E-state index contributed by atoms with van der Waals surface area (Å²) in [5.41, 5.74) is 2.69. The molecule has 1 aliphatic heterocycles. The molecule has 1 fully saturated rings. The van der Waals surface area contributed by atoms with Crippen LogP contribution in [0.3, 0.4) is 0 Å². The zero-order valence-corrected chi connectivity index (χ0v) is 20.8. The van der Waals surface area contributed by atoms with Crippen LogP contribution in [0.2, 0.25) is 0 Å². The van der Waals surface area contributed by atoms with Crippen LogP contribution in [-0.2, 0) is 9.59 Å². The first-order valence-corrected chi connectivity index (χ1v) is 12.2. The maximum atomic E-state index is 13.2. The lowest BCUT2D eigenvalue weighted by Crippen LogP contribution is -2.46. The van der Waals surface area contributed by atoms with Gasteiger partial charge in [0.05, 0.1) is 32.7 Å². The normalized spacial score (nSPS) is 15.8. The van der Waals surface area contributed by atoms with E-state index in [1.165, 1.54) is 0 Å². The van der Waals surface area contributed by atoms with E-state index in [-0.39, 0.29) is 30.3 Å². The maximum absolute atomic E-state index is 13.2. The van der Waals surface area contributed by atoms with Gasteiger partial charge in [-0.15, -0.1) is 0 Å². The lowest BCUT2D eigenvalue weighted by Gasteiger charge is -2.32. The molecule has 2 amide bonds. The van der Waals surface area contributed by atoms with Crippen LogP contribution in [0.5, 0.6) is 11.5 Å². The van der Waals surface area contributed by atoms with E-state index >= 15 is 0 Å². The molecule has 0 spiro atoms. The van der Waals surface area contributed by atoms with E-state index in [1.807, 2.05) is 78.9 Å². The third-order valence-corrected chi connectivity index (χ3v) is 6.49. The number of ether oxygens (including phenoxy) is 2. The van der Waals surface area contributed by atoms with Gasteiger partial charge in [-0.25, -0.2) is 0 Å². The summed E-state index contributed by atoms with van der Waals surface area (Å²) in [4.78, 5) is 28.0. The molecule has 0 bridgehead atoms. The van der Waals surface area contributed by atoms with Crippen molar-refractivity contribution in [3.8, 4) is 11.5 Å². The van der Waals surface area contributed by atoms with Gasteiger partial charge in [0.25, 0.3) is 0 Å². The Labute approximate surface area is 212 Å². The van der Waals surface area contributed by atoms with Gasteiger partial charge in [0, 0.05) is 12.2 Å². The molecule has 7 nitrogen and oxygen atoms in total. The van der Waals surface area contributed by atoms with E-state index in [0.717, 1.165) is 47.7 Å². The Morgan fingerprint density at radius 2 is 1.47 bits per heavy atom. The van der Waals surface area contributed by atoms with Gasteiger partial charge in [0.15, 0.2) is 0 Å². The number of carbonyl (C=O) groups excluding carboxylic acids is 2. The number of piperidine rings is 1. The number of para-hydroxylation sites is 1. The highest BCUT2D eigenvalue weighted by Crippen LogP contribution is 2.26. The molecule has 2 N–H and O–H groups in total. The summed E-state index contributed by atoms with van der Waals surface area (Å²) in [6.07, 6.45) is 1.69. The van der Waals surface area contributed by atoms with Crippen molar-refractivity contribution in [2.24, 2.45) is 5.92 Å². The third kappa shape index (κ3) is 6.64. The van der Waals surface area contributed by atoms with Crippen LogP contribution in [-0.4, -0.2) is 50.6 Å². The largest absolute Gasteiger partial charge is 0.497 e. The van der Waals surface area contributed by atoms with Crippen molar-refractivity contribution in [3.63, 3.8) is 0 Å². The first kappa shape index (κ1) is 25.3. The van der Waals surface area contributed by atoms with E-state index < -0.39 is 0 Å². The van der Waals surface area contributed by atoms with Crippen LogP contribution in [0, 0.1) is 5.92 Å². The summed E-state index contributed by atoms with van der Waals surface area (Å²) < 4.78 is 10.6. The van der Waals surface area contributed by atoms with Crippen molar-refractivity contribution in [1.82, 2.24) is 10.2 Å². The van der Waals surface area contributed by atoms with Crippen molar-refractivity contribution in [2.75, 3.05) is 39.2 Å². The van der Waals surface area contributed by atoms with Crippen molar-refractivity contribution in [3.05, 3.63) is 90.0 Å². The van der Waals surface area contributed by atoms with Crippen molar-refractivity contribution in [1.29, 1.82) is 0 Å². The van der Waals surface area contributed by atoms with Gasteiger partial charge in [-0.3, -0.25) is 14.5 Å². The maximum Gasteiger partial charge on any atom is 0.234 e. The number of nitrogens with one attached hydrogen (secondary N) is 2. The fourth-order valence-electron chi connectivity index (χ4n) is 4.54. The van der Waals surface area contributed by atoms with Gasteiger partial charge in [-0.05, 0) is 66.9 Å². The molecule has 0 unspecified atom stereocenters. The molecule has 7 heteroatoms. The predicted octanol–water partition coefficient (Wildman–Crippen LogP) is 4.26. The molecule has 3 aromatic carbocycles. The van der Waals surface area contributed by atoms with E-state index in [9.17, 15) is 9.59 Å². The van der Waals surface area contributed by atoms with E-state index in [4.69, 9.17) is 9.47 Å². The minimum atomic E-state index is -0.323. The van der Waals surface area contributed by atoms with Gasteiger partial charge in [0.1, 0.15) is 11.5 Å². The zero-order chi connectivity index (χ0) is 25.3. The Bertz CT molecular complexity index is 1090. The molecule has 0 radical (unpaired) electrons. The second-order valence-corrected chi connectivity index (χ2v) is 8.98. The van der Waals surface area contributed by atoms with Gasteiger partial charge < -0.3 is 20.1 Å². The Kier molecular flexibility index (Phi) is 8.57. The lowest BCUT2D eigenvalue weighted by atomic mass is 9.96. The van der Waals surface area contributed by atoms with Crippen LogP contribution in [0.1, 0.15) is 30.0 Å². The topological polar surface area (TPSA) is 79.9 Å². The summed E-state index contributed by atoms with van der Waals surface area (Å²) >= 11 is 0. The van der Waals surface area contributed by atoms with E-state index in [1.54, 1.807) is 14.2 Å². The Hall–Kier alpha value is -3.84. The second kappa shape index (κ2) is 12.2. The summed E-state index contributed by atoms with van der Waals surface area (Å²) in [5, 5.41) is 6.19. The minimum Gasteiger partial charge on any atom is -0.497 e. The molecule has 1 saturated heterocycles. The molecular formula is C29H33N3O4. The number of likely N-dealkylation sites (tertiary alicyclic amines) is 1. The molecule has 0 saturated carbocycles. The number of hydrogen-bond acceptors (Lipinski definition) is 5. The minimum absolute atomic E-state index is 0.000602. The first-order valence-electron chi connectivity index (χ1n) is 12.2. The van der Waals surface area contributed by atoms with Crippen molar-refractivity contribution < 1.29 is 19.1 Å². The van der Waals surface area contributed by atoms with Crippen LogP contribution >= 0.6 is 0 Å². The van der Waals surface area contributed by atoms with Crippen LogP contribution in [0.25, 0.3) is 0 Å². The first-order chi connectivity index (χ1) is 17.6. The molecule has 0 aromatic heterocycles. The standard InChI is InChI=1S/C29H33N3O4/c1-35-25-14-10-21(11-15-25)28(22-12-16-26(36-2)17-13-22)31-27(33)20-32-18-6-7-23(19-32)29(34)30-24-8-4-3-5-9-24/h3-5,8-17,23,28H,6-7,18-20H2,1-2H3,(H,30,34)(H,31,33)/t23-/m1/s1. The van der Waals surface area contributed by atoms with Gasteiger partial charge in [-0.1, -0.05) is 42.5 Å². The average molecular weight is 488 g/mol. The number of carbonyl (C=O) groups is 2. The number of rotatable bonds is 9. The molecule has 1 atom stereocenters. The van der Waals surface area contributed by atoms with Crippen LogP contribution < -0.4 is 20.1 Å². The van der Waals surface area contributed by atoms with E-state index in [2.05, 4.69) is 15.5 Å². The third-order valence-electron chi connectivity index (χ3n) is 6.49. The summed E-state index contributed by atoms with van der Waals surface area (Å²) in [5.74, 6) is 1.28. The number of nitrogens with zero attached hydrogens (tertiary/aromatic N) is 1. The highest BCUT2D eigenvalue weighted by molar-refractivity contribution is 5.92. The highest BCUT2D eigenvalue weighted by atomic mass is 16.5. The molecule has 36 heavy (non-hydrogen) atoms. The fraction of sp³-hybridized carbons (Fsp3) is 0.310. The second-order valence-electron chi connectivity index (χ2n) is 8.98. The Morgan fingerprint density at radius 1 is 0.889 bits per heavy atom.